The third-order valence-corrected chi connectivity index (χ3v) is 9.64. The molecule has 0 radical (unpaired) electrons. The number of furan rings is 1. The predicted octanol–water partition coefficient (Wildman–Crippen LogP) is 12.0. The molecule has 1 aromatic heterocycles. The maximum atomic E-state index is 6.57. The molecule has 1 heteroatoms. The van der Waals surface area contributed by atoms with Crippen molar-refractivity contribution in [3.8, 4) is 44.7 Å². The van der Waals surface area contributed by atoms with E-state index in [0.29, 0.717) is 0 Å². The smallest absolute Gasteiger partial charge is 0.139 e. The van der Waals surface area contributed by atoms with Crippen molar-refractivity contribution in [2.24, 2.45) is 0 Å². The van der Waals surface area contributed by atoms with Gasteiger partial charge in [-0.1, -0.05) is 153 Å². The molecule has 8 aromatic rings. The molecule has 0 amide bonds. The van der Waals surface area contributed by atoms with E-state index < -0.39 is 0 Å². The maximum absolute atomic E-state index is 6.57. The van der Waals surface area contributed by atoms with Crippen LogP contribution in [0.1, 0.15) is 25.0 Å². The molecule has 0 unspecified atom stereocenters. The Labute approximate surface area is 257 Å². The molecule has 208 valence electrons. The lowest BCUT2D eigenvalue weighted by molar-refractivity contribution is 0.619. The first-order valence-electron chi connectivity index (χ1n) is 15.4. The molecule has 1 aliphatic carbocycles. The first-order valence-corrected chi connectivity index (χ1v) is 15.4. The van der Waals surface area contributed by atoms with Crippen molar-refractivity contribution in [1.29, 1.82) is 0 Å². The SMILES string of the molecule is CC1(C)c2c(cccc2-c2c3ccccc3c(-c3ccccc3-c3ccccc3)c3ccccc23)-c2oc3ccccc3c21. The van der Waals surface area contributed by atoms with E-state index in [1.54, 1.807) is 0 Å². The van der Waals surface area contributed by atoms with E-state index in [9.17, 15) is 0 Å². The predicted molar refractivity (Wildman–Crippen MR) is 185 cm³/mol. The summed E-state index contributed by atoms with van der Waals surface area (Å²) >= 11 is 0. The Balaban J connectivity index is 1.39. The average Bonchev–Trinajstić information content (AvgIpc) is 3.57. The monoisotopic (exact) mass is 562 g/mol. The van der Waals surface area contributed by atoms with Gasteiger partial charge in [0.2, 0.25) is 0 Å². The lowest BCUT2D eigenvalue weighted by atomic mass is 9.76. The molecule has 9 rings (SSSR count). The van der Waals surface area contributed by atoms with E-state index in [1.807, 2.05) is 0 Å². The quantitative estimate of drug-likeness (QED) is 0.195. The van der Waals surface area contributed by atoms with Crippen LogP contribution in [0, 0.1) is 0 Å². The summed E-state index contributed by atoms with van der Waals surface area (Å²) in [5.41, 5.74) is 12.1. The van der Waals surface area contributed by atoms with Gasteiger partial charge in [0.1, 0.15) is 11.3 Å². The van der Waals surface area contributed by atoms with E-state index in [4.69, 9.17) is 4.42 Å². The molecule has 0 bridgehead atoms. The third-order valence-electron chi connectivity index (χ3n) is 9.64. The van der Waals surface area contributed by atoms with Crippen molar-refractivity contribution in [1.82, 2.24) is 0 Å². The zero-order valence-corrected chi connectivity index (χ0v) is 24.8. The van der Waals surface area contributed by atoms with E-state index in [2.05, 4.69) is 159 Å². The fourth-order valence-electron chi connectivity index (χ4n) is 7.88. The van der Waals surface area contributed by atoms with Gasteiger partial charge in [-0.2, -0.15) is 0 Å². The number of fused-ring (bicyclic) bond motifs is 7. The van der Waals surface area contributed by atoms with Gasteiger partial charge in [0.25, 0.3) is 0 Å². The highest BCUT2D eigenvalue weighted by atomic mass is 16.3. The number of benzene rings is 7. The number of hydrogen-bond donors (Lipinski definition) is 0. The van der Waals surface area contributed by atoms with Gasteiger partial charge in [-0.15, -0.1) is 0 Å². The molecule has 0 atom stereocenters. The zero-order chi connectivity index (χ0) is 29.4. The summed E-state index contributed by atoms with van der Waals surface area (Å²) in [5.74, 6) is 1.01. The Hall–Kier alpha value is -5.40. The molecular formula is C43H30O. The van der Waals surface area contributed by atoms with Crippen LogP contribution in [-0.4, -0.2) is 0 Å². The van der Waals surface area contributed by atoms with Crippen LogP contribution in [0.25, 0.3) is 77.2 Å². The molecule has 0 spiro atoms. The Morgan fingerprint density at radius 1 is 0.386 bits per heavy atom. The zero-order valence-electron chi connectivity index (χ0n) is 24.8. The van der Waals surface area contributed by atoms with Crippen molar-refractivity contribution < 1.29 is 4.42 Å². The maximum Gasteiger partial charge on any atom is 0.139 e. The molecule has 0 fully saturated rings. The summed E-state index contributed by atoms with van der Waals surface area (Å²) in [6.07, 6.45) is 0. The summed E-state index contributed by atoms with van der Waals surface area (Å²) in [7, 11) is 0. The van der Waals surface area contributed by atoms with Crippen LogP contribution in [-0.2, 0) is 5.41 Å². The summed E-state index contributed by atoms with van der Waals surface area (Å²) in [6.45, 7) is 4.72. The van der Waals surface area contributed by atoms with Crippen LogP contribution in [0.15, 0.2) is 150 Å². The second kappa shape index (κ2) is 9.30. The molecule has 1 heterocycles. The first-order chi connectivity index (χ1) is 21.6. The summed E-state index contributed by atoms with van der Waals surface area (Å²) in [5, 5.41) is 6.26. The molecule has 7 aromatic carbocycles. The van der Waals surface area contributed by atoms with Gasteiger partial charge in [0.15, 0.2) is 0 Å². The molecule has 0 aliphatic heterocycles. The van der Waals surface area contributed by atoms with Gasteiger partial charge in [-0.25, -0.2) is 0 Å². The minimum atomic E-state index is -0.228. The average molecular weight is 563 g/mol. The fraction of sp³-hybridized carbons (Fsp3) is 0.0698. The van der Waals surface area contributed by atoms with Crippen LogP contribution in [0.2, 0.25) is 0 Å². The van der Waals surface area contributed by atoms with Crippen molar-refractivity contribution in [3.05, 3.63) is 157 Å². The molecule has 0 N–H and O–H groups in total. The van der Waals surface area contributed by atoms with Gasteiger partial charge >= 0.3 is 0 Å². The van der Waals surface area contributed by atoms with Gasteiger partial charge in [0.05, 0.1) is 0 Å². The molecular weight excluding hydrogens is 532 g/mol. The van der Waals surface area contributed by atoms with E-state index in [-0.39, 0.29) is 5.41 Å². The van der Waals surface area contributed by atoms with E-state index >= 15 is 0 Å². The summed E-state index contributed by atoms with van der Waals surface area (Å²) < 4.78 is 6.57. The summed E-state index contributed by atoms with van der Waals surface area (Å²) in [6, 6.07) is 52.7. The lowest BCUT2D eigenvalue weighted by Gasteiger charge is -2.26. The second-order valence-electron chi connectivity index (χ2n) is 12.4. The third kappa shape index (κ3) is 3.41. The number of para-hydroxylation sites is 1. The van der Waals surface area contributed by atoms with Crippen molar-refractivity contribution >= 4 is 32.5 Å². The lowest BCUT2D eigenvalue weighted by Crippen LogP contribution is -2.16. The Morgan fingerprint density at radius 3 is 1.52 bits per heavy atom. The molecule has 0 saturated carbocycles. The fourth-order valence-corrected chi connectivity index (χ4v) is 7.88. The highest BCUT2D eigenvalue weighted by Crippen LogP contribution is 2.57. The van der Waals surface area contributed by atoms with Gasteiger partial charge in [-0.05, 0) is 66.6 Å². The van der Waals surface area contributed by atoms with Crippen LogP contribution < -0.4 is 0 Å². The van der Waals surface area contributed by atoms with Crippen LogP contribution in [0.5, 0.6) is 0 Å². The van der Waals surface area contributed by atoms with Crippen LogP contribution in [0.3, 0.4) is 0 Å². The van der Waals surface area contributed by atoms with Crippen molar-refractivity contribution in [2.75, 3.05) is 0 Å². The topological polar surface area (TPSA) is 13.1 Å². The number of rotatable bonds is 3. The van der Waals surface area contributed by atoms with E-state index in [1.165, 1.54) is 77.0 Å². The molecule has 1 nitrogen and oxygen atoms in total. The molecule has 44 heavy (non-hydrogen) atoms. The Morgan fingerprint density at radius 2 is 0.864 bits per heavy atom. The second-order valence-corrected chi connectivity index (χ2v) is 12.4. The normalized spacial score (nSPS) is 13.4. The van der Waals surface area contributed by atoms with Gasteiger partial charge in [-0.3, -0.25) is 0 Å². The summed E-state index contributed by atoms with van der Waals surface area (Å²) in [4.78, 5) is 0. The molecule has 1 aliphatic rings. The van der Waals surface area contributed by atoms with Crippen LogP contribution >= 0.6 is 0 Å². The Bertz CT molecular complexity index is 2350. The Kier molecular flexibility index (Phi) is 5.31. The van der Waals surface area contributed by atoms with Crippen LogP contribution in [0.4, 0.5) is 0 Å². The van der Waals surface area contributed by atoms with Gasteiger partial charge < -0.3 is 4.42 Å². The highest BCUT2D eigenvalue weighted by molar-refractivity contribution is 6.23. The standard InChI is InChI=1S/C43H30O/c1-43(2)40-35(24-14-25-36(40)42-41(43)34-23-12-13-26-37(34)44-42)39-32-21-10-8-19-30(32)38(31-20-9-11-22-33(31)39)29-18-7-6-17-28(29)27-15-4-3-5-16-27/h3-26H,1-2H3. The molecule has 0 saturated heterocycles. The van der Waals surface area contributed by atoms with Crippen molar-refractivity contribution in [2.45, 2.75) is 19.3 Å². The largest absolute Gasteiger partial charge is 0.456 e. The van der Waals surface area contributed by atoms with Gasteiger partial charge in [0, 0.05) is 21.9 Å². The first kappa shape index (κ1) is 25.1. The minimum Gasteiger partial charge on any atom is -0.456 e. The number of hydrogen-bond acceptors (Lipinski definition) is 1. The highest BCUT2D eigenvalue weighted by Gasteiger charge is 2.42. The van der Waals surface area contributed by atoms with Crippen molar-refractivity contribution in [3.63, 3.8) is 0 Å². The minimum absolute atomic E-state index is 0.228. The van der Waals surface area contributed by atoms with E-state index in [0.717, 1.165) is 11.3 Å².